The van der Waals surface area contributed by atoms with Gasteiger partial charge in [-0.15, -0.1) is 0 Å². The van der Waals surface area contributed by atoms with Gasteiger partial charge < -0.3 is 0 Å². The monoisotopic (exact) mass is 525 g/mol. The van der Waals surface area contributed by atoms with Gasteiger partial charge in [0.2, 0.25) is 0 Å². The molecule has 0 atom stereocenters. The Morgan fingerprint density at radius 2 is 1.43 bits per heavy atom. The molecule has 0 saturated heterocycles. The molecule has 0 saturated carbocycles. The molecule has 2 nitrogen and oxygen atoms in total. The third-order valence-electron chi connectivity index (χ3n) is 0. The van der Waals surface area contributed by atoms with Gasteiger partial charge in [0.25, 0.3) is 0 Å². The molecule has 1 radical (unpaired) electrons. The molecule has 31 valence electrons. The van der Waals surface area contributed by atoms with Crippen molar-refractivity contribution >= 4 is 30.4 Å². The average Bonchev–Trinajstić information content (AvgIpc) is 0.918. The van der Waals surface area contributed by atoms with Crippen LogP contribution in [0.3, 0.4) is 0 Å². The van der Waals surface area contributed by atoms with Gasteiger partial charge in [-0.05, 0) is 0 Å². The van der Waals surface area contributed by atoms with Gasteiger partial charge in [0, 0.05) is 41.7 Å². The van der Waals surface area contributed by atoms with Crippen molar-refractivity contribution in [2.75, 3.05) is 0 Å². The summed E-state index contributed by atoms with van der Waals surface area (Å²) < 4.78 is 8.36. The topological polar surface area (TPSA) is 37.3 Å². The summed E-state index contributed by atoms with van der Waals surface area (Å²) in [4.78, 5) is 0. The van der Waals surface area contributed by atoms with E-state index in [9.17, 15) is 0 Å². The number of rotatable bonds is 0. The van der Waals surface area contributed by atoms with Crippen LogP contribution in [-0.4, -0.2) is 35.4 Å². The van der Waals surface area contributed by atoms with Crippen LogP contribution >= 0.6 is 0 Å². The Balaban J connectivity index is -0.00000000333. The molecule has 0 amide bonds. The molecular weight excluding hydrogens is 523 g/mol. The van der Waals surface area contributed by atoms with Crippen molar-refractivity contribution < 1.29 is 130 Å². The van der Waals surface area contributed by atoms with E-state index in [1.807, 2.05) is 0 Å². The van der Waals surface area contributed by atoms with Gasteiger partial charge in [0.15, 0.2) is 0 Å². The van der Waals surface area contributed by atoms with Crippen molar-refractivity contribution in [3.63, 3.8) is 0 Å². The molecule has 0 aliphatic heterocycles. The molecule has 7 heavy (non-hydrogen) atoms. The van der Waals surface area contributed by atoms with E-state index in [1.165, 1.54) is 0 Å². The minimum atomic E-state index is -0.250. The largest absolute Gasteiger partial charge is 3.00 e. The summed E-state index contributed by atoms with van der Waals surface area (Å²) >= 11 is 0. The first kappa shape index (κ1) is 30.1. The second-order valence-corrected chi connectivity index (χ2v) is 0.105. The molecule has 0 aromatic heterocycles. The van der Waals surface area contributed by atoms with Crippen LogP contribution in [0.2, 0.25) is 0 Å². The van der Waals surface area contributed by atoms with Crippen molar-refractivity contribution in [2.45, 2.75) is 0 Å². The van der Waals surface area contributed by atoms with Gasteiger partial charge in [-0.1, -0.05) is 0 Å². The van der Waals surface area contributed by atoms with Gasteiger partial charge in [-0.2, -0.15) is 0 Å². The third-order valence-corrected chi connectivity index (χ3v) is 0. The Bertz CT molecular complexity index is 25.2. The Hall–Kier alpha value is 4.42. The van der Waals surface area contributed by atoms with Crippen molar-refractivity contribution in [2.24, 2.45) is 0 Å². The van der Waals surface area contributed by atoms with Crippen LogP contribution in [0.15, 0.2) is 0 Å². The van der Waals surface area contributed by atoms with E-state index in [0.717, 1.165) is 0 Å². The smallest absolute Gasteiger partial charge is 0 e. The molecule has 0 bridgehead atoms. The van der Waals surface area contributed by atoms with Gasteiger partial charge in [-0.3, -0.25) is 0 Å². The maximum atomic E-state index is 8.36. The van der Waals surface area contributed by atoms with E-state index in [0.29, 0.717) is 0 Å². The van der Waals surface area contributed by atoms with Crippen molar-refractivity contribution in [1.82, 2.24) is 0 Å². The van der Waals surface area contributed by atoms with E-state index in [-0.39, 0.29) is 151 Å². The minimum absolute atomic E-state index is 0. The summed E-state index contributed by atoms with van der Waals surface area (Å²) in [6.07, 6.45) is 0. The van der Waals surface area contributed by atoms with E-state index in [1.54, 1.807) is 0 Å². The molecule has 0 aliphatic carbocycles. The van der Waals surface area contributed by atoms with Crippen molar-refractivity contribution in [3.05, 3.63) is 0 Å². The van der Waals surface area contributed by atoms with E-state index >= 15 is 0 Å². The maximum absolute atomic E-state index is 8.36. The summed E-state index contributed by atoms with van der Waals surface area (Å²) in [5.74, 6) is 0. The quantitative estimate of drug-likeness (QED) is 0.395. The van der Waals surface area contributed by atoms with Crippen LogP contribution in [0, 0.1) is 120 Å². The van der Waals surface area contributed by atoms with Gasteiger partial charge >= 0.3 is 119 Å². The summed E-state index contributed by atoms with van der Waals surface area (Å²) in [5, 5.41) is 6.89. The Morgan fingerprint density at radius 1 is 1.43 bits per heavy atom. The zero-order valence-corrected chi connectivity index (χ0v) is 12.3. The Labute approximate surface area is 156 Å². The second-order valence-electron chi connectivity index (χ2n) is 0.105. The molecule has 0 aromatic carbocycles. The first-order chi connectivity index (χ1) is 1.41. The molecule has 0 fully saturated rings. The first-order valence-electron chi connectivity index (χ1n) is 0.494. The van der Waals surface area contributed by atoms with Crippen LogP contribution in [0.25, 0.3) is 0 Å². The fourth-order valence-electron chi connectivity index (χ4n) is 0. The normalized spacial score (nSPS) is 1.14. The molecule has 0 spiro atoms. The maximum Gasteiger partial charge on any atom is 3.00 e. The fraction of sp³-hybridized carbons (Fsp3) is 0. The van der Waals surface area contributed by atoms with Crippen LogP contribution in [0.4, 0.5) is 0 Å². The van der Waals surface area contributed by atoms with Gasteiger partial charge in [0.05, 0.1) is 0 Å². The molecule has 0 rings (SSSR count). The summed E-state index contributed by atoms with van der Waals surface area (Å²) in [6, 6.07) is 0. The van der Waals surface area contributed by atoms with Crippen LogP contribution in [0.1, 0.15) is 0 Å². The summed E-state index contributed by atoms with van der Waals surface area (Å²) in [6.45, 7) is 0. The predicted octanol–water partition coefficient (Wildman–Crippen LogP) is -1.44. The number of hydrogen-bond donors (Lipinski definition) is 1. The zero-order chi connectivity index (χ0) is 2.71. The predicted molar refractivity (Wildman–Crippen MR) is 14.4 cm³/mol. The van der Waals surface area contributed by atoms with Gasteiger partial charge in [0.1, 0.15) is 0 Å². The number of hydrogen-bond acceptors (Lipinski definition) is 1. The van der Waals surface area contributed by atoms with Crippen LogP contribution < -0.4 is 0 Å². The van der Waals surface area contributed by atoms with E-state index < -0.39 is 0 Å². The third kappa shape index (κ3) is 37.8. The molecule has 0 heterocycles. The average molecular weight is 524 g/mol. The van der Waals surface area contributed by atoms with Crippen LogP contribution in [-0.2, 0) is 4.70 Å². The molecule has 0 aromatic rings. The van der Waals surface area contributed by atoms with Crippen molar-refractivity contribution in [1.29, 1.82) is 0 Å². The zero-order valence-electron chi connectivity index (χ0n) is 3.33. The van der Waals surface area contributed by atoms with E-state index in [4.69, 9.17) is 9.73 Å². The Kier molecular flexibility index (Phi) is 135. The molecule has 0 aliphatic rings. The standard InChI is InChI=1S/BHO2.Ce.Gd.Mg.Tb/c2-1-3;;;;/h2H;;;;/q;;+3;+2;+3. The molecule has 1 N–H and O–H groups in total. The van der Waals surface area contributed by atoms with Crippen molar-refractivity contribution in [3.8, 4) is 0 Å². The summed E-state index contributed by atoms with van der Waals surface area (Å²) in [5.41, 5.74) is 0. The first-order valence-corrected chi connectivity index (χ1v) is 0.494. The molecular formula is HBCeGdMgO2Tb+8. The second kappa shape index (κ2) is 31.5. The summed E-state index contributed by atoms with van der Waals surface area (Å²) in [7, 11) is -0.250. The molecule has 0 unspecified atom stereocenters. The van der Waals surface area contributed by atoms with Gasteiger partial charge in [-0.25, -0.2) is 0 Å². The Morgan fingerprint density at radius 3 is 1.43 bits per heavy atom. The fourth-order valence-corrected chi connectivity index (χ4v) is 0. The van der Waals surface area contributed by atoms with Crippen LogP contribution in [0.5, 0.6) is 0 Å². The molecule has 7 heteroatoms. The SMILES string of the molecule is O=BO.[Ce].[Gd+3].[Mg+2].[Tb+3]. The minimum Gasteiger partial charge on any atom is 0 e. The van der Waals surface area contributed by atoms with E-state index in [2.05, 4.69) is 0 Å².